The number of carbonyl (C=O) groups is 2. The second kappa shape index (κ2) is 6.82. The van der Waals surface area contributed by atoms with Gasteiger partial charge in [-0.2, -0.15) is 0 Å². The second-order valence-electron chi connectivity index (χ2n) is 4.73. The summed E-state index contributed by atoms with van der Waals surface area (Å²) in [7, 11) is 1.23. The molecule has 0 saturated carbocycles. The van der Waals surface area contributed by atoms with E-state index in [1.807, 2.05) is 0 Å². The lowest BCUT2D eigenvalue weighted by molar-refractivity contribution is -0.143. The fourth-order valence-electron chi connectivity index (χ4n) is 2.28. The quantitative estimate of drug-likeness (QED) is 0.421. The highest BCUT2D eigenvalue weighted by molar-refractivity contribution is 8.13. The zero-order valence-electron chi connectivity index (χ0n) is 12.4. The first-order chi connectivity index (χ1) is 10.5. The Hall–Kier alpha value is -2.03. The van der Waals surface area contributed by atoms with E-state index in [9.17, 15) is 19.2 Å². The molecule has 8 nitrogen and oxygen atoms in total. The van der Waals surface area contributed by atoms with E-state index in [0.29, 0.717) is 12.2 Å². The number of fused-ring (bicyclic) bond motifs is 1. The Bertz CT molecular complexity index is 727. The minimum absolute atomic E-state index is 0.00444. The summed E-state index contributed by atoms with van der Waals surface area (Å²) in [6, 6.07) is -0.924. The monoisotopic (exact) mass is 327 g/mol. The zero-order chi connectivity index (χ0) is 16.3. The molecule has 1 unspecified atom stereocenters. The van der Waals surface area contributed by atoms with Crippen LogP contribution in [0.15, 0.2) is 21.7 Å². The topological polar surface area (TPSA) is 92.3 Å². The van der Waals surface area contributed by atoms with E-state index < -0.39 is 23.4 Å². The molecule has 1 aliphatic heterocycles. The molecule has 0 N–H and O–H groups in total. The summed E-state index contributed by atoms with van der Waals surface area (Å²) in [5.41, 5.74) is -1.01. The molecule has 0 saturated heterocycles. The number of nitrogens with zero attached hydrogens (tertiary/aromatic N) is 3. The van der Waals surface area contributed by atoms with Gasteiger partial charge in [-0.3, -0.25) is 4.79 Å². The van der Waals surface area contributed by atoms with Crippen molar-refractivity contribution in [3.63, 3.8) is 0 Å². The molecule has 1 aromatic heterocycles. The van der Waals surface area contributed by atoms with Crippen LogP contribution in [0.25, 0.3) is 0 Å². The molecule has 1 aliphatic rings. The lowest BCUT2D eigenvalue weighted by Crippen LogP contribution is -2.36. The van der Waals surface area contributed by atoms with Crippen molar-refractivity contribution in [3.8, 4) is 0 Å². The predicted molar refractivity (Wildman–Crippen MR) is 80.9 cm³/mol. The van der Waals surface area contributed by atoms with Crippen LogP contribution in [0.5, 0.6) is 0 Å². The van der Waals surface area contributed by atoms with Gasteiger partial charge in [0.2, 0.25) is 0 Å². The fraction of sp³-hybridized carbons (Fsp3) is 0.538. The Morgan fingerprint density at radius 1 is 1.36 bits per heavy atom. The van der Waals surface area contributed by atoms with Crippen molar-refractivity contribution in [3.05, 3.63) is 33.1 Å². The van der Waals surface area contributed by atoms with E-state index >= 15 is 0 Å². The summed E-state index contributed by atoms with van der Waals surface area (Å²) in [5.74, 6) is -0.0680. The molecule has 0 aliphatic carbocycles. The van der Waals surface area contributed by atoms with E-state index in [1.165, 1.54) is 18.7 Å². The zero-order valence-corrected chi connectivity index (χ0v) is 13.2. The predicted octanol–water partition coefficient (Wildman–Crippen LogP) is -0.235. The first-order valence-corrected chi connectivity index (χ1v) is 7.76. The molecule has 1 atom stereocenters. The largest absolute Gasteiger partial charge is 0.467 e. The normalized spacial score (nSPS) is 16.4. The van der Waals surface area contributed by atoms with Gasteiger partial charge in [0.05, 0.1) is 13.7 Å². The Labute approximate surface area is 130 Å². The minimum Gasteiger partial charge on any atom is -0.467 e. The number of esters is 1. The highest BCUT2D eigenvalue weighted by atomic mass is 32.2. The second-order valence-corrected chi connectivity index (χ2v) is 6.01. The minimum atomic E-state index is -0.924. The summed E-state index contributed by atoms with van der Waals surface area (Å²) in [6.45, 7) is 1.91. The number of methoxy groups -OCH3 is 1. The van der Waals surface area contributed by atoms with Crippen molar-refractivity contribution >= 4 is 22.8 Å². The van der Waals surface area contributed by atoms with Gasteiger partial charge in [0, 0.05) is 19.2 Å². The van der Waals surface area contributed by atoms with Gasteiger partial charge in [0.15, 0.2) is 11.2 Å². The Kier molecular flexibility index (Phi) is 5.07. The number of rotatable bonds is 5. The molecule has 0 aromatic carbocycles. The van der Waals surface area contributed by atoms with Gasteiger partial charge < -0.3 is 4.74 Å². The third-order valence-corrected chi connectivity index (χ3v) is 4.17. The maximum atomic E-state index is 12.4. The highest BCUT2D eigenvalue weighted by Crippen LogP contribution is 2.12. The Balaban J connectivity index is 2.27. The van der Waals surface area contributed by atoms with Gasteiger partial charge in [-0.1, -0.05) is 23.9 Å². The summed E-state index contributed by atoms with van der Waals surface area (Å²) < 4.78 is 8.09. The van der Waals surface area contributed by atoms with Crippen LogP contribution in [0, 0.1) is 0 Å². The van der Waals surface area contributed by atoms with Gasteiger partial charge in [-0.25, -0.2) is 28.3 Å². The highest BCUT2D eigenvalue weighted by Gasteiger charge is 2.28. The van der Waals surface area contributed by atoms with Gasteiger partial charge in [0.25, 0.3) is 0 Å². The number of allylic oxidation sites excluding steroid dienone is 1. The first-order valence-electron chi connectivity index (χ1n) is 6.77. The number of hydrogen-bond donors (Lipinski definition) is 0. The van der Waals surface area contributed by atoms with Crippen molar-refractivity contribution in [2.75, 3.05) is 12.9 Å². The van der Waals surface area contributed by atoms with Gasteiger partial charge in [-0.15, -0.1) is 0 Å². The smallest absolute Gasteiger partial charge is 0.348 e. The third-order valence-electron chi connectivity index (χ3n) is 3.27. The summed E-state index contributed by atoms with van der Waals surface area (Å²) in [6.07, 6.45) is 3.71. The lowest BCUT2D eigenvalue weighted by Gasteiger charge is -2.18. The molecule has 22 heavy (non-hydrogen) atoms. The summed E-state index contributed by atoms with van der Waals surface area (Å²) >= 11 is 1.15. The number of ether oxygens (including phenoxy) is 1. The van der Waals surface area contributed by atoms with Crippen molar-refractivity contribution < 1.29 is 14.3 Å². The maximum Gasteiger partial charge on any atom is 0.348 e. The molecule has 9 heteroatoms. The van der Waals surface area contributed by atoms with Crippen LogP contribution in [0.2, 0.25) is 0 Å². The van der Waals surface area contributed by atoms with Crippen LogP contribution in [0.4, 0.5) is 0 Å². The van der Waals surface area contributed by atoms with Crippen molar-refractivity contribution in [1.82, 2.24) is 13.9 Å². The van der Waals surface area contributed by atoms with Crippen LogP contribution < -0.4 is 11.4 Å². The molecule has 0 bridgehead atoms. The maximum absolute atomic E-state index is 12.4. The van der Waals surface area contributed by atoms with Crippen LogP contribution >= 0.6 is 11.8 Å². The number of aromatic nitrogens is 3. The van der Waals surface area contributed by atoms with E-state index in [1.54, 1.807) is 12.2 Å². The van der Waals surface area contributed by atoms with Crippen LogP contribution in [-0.2, 0) is 27.4 Å². The molecular weight excluding hydrogens is 310 g/mol. The third kappa shape index (κ3) is 3.08. The Morgan fingerprint density at radius 3 is 2.73 bits per heavy atom. The first kappa shape index (κ1) is 16.3. The van der Waals surface area contributed by atoms with Crippen molar-refractivity contribution in [1.29, 1.82) is 0 Å². The number of hydrogen-bond acceptors (Lipinski definition) is 6. The Morgan fingerprint density at radius 2 is 2.09 bits per heavy atom. The van der Waals surface area contributed by atoms with Crippen molar-refractivity contribution in [2.45, 2.75) is 32.5 Å². The SMILES string of the molecule is COC(=O)C1C=CCn2c(=O)n(CCCSC(C)=O)c(=O)n21. The fourth-order valence-corrected chi connectivity index (χ4v) is 2.84. The molecule has 120 valence electrons. The summed E-state index contributed by atoms with van der Waals surface area (Å²) in [5, 5.41) is -0.00444. The average Bonchev–Trinajstić information content (AvgIpc) is 2.75. The van der Waals surface area contributed by atoms with Crippen LogP contribution in [0.3, 0.4) is 0 Å². The van der Waals surface area contributed by atoms with E-state index in [2.05, 4.69) is 4.74 Å². The van der Waals surface area contributed by atoms with E-state index in [4.69, 9.17) is 0 Å². The molecule has 0 radical (unpaired) electrons. The van der Waals surface area contributed by atoms with Crippen LogP contribution in [0.1, 0.15) is 19.4 Å². The van der Waals surface area contributed by atoms with Crippen molar-refractivity contribution in [2.24, 2.45) is 0 Å². The molecule has 2 rings (SSSR count). The number of thioether (sulfide) groups is 1. The van der Waals surface area contributed by atoms with E-state index in [0.717, 1.165) is 21.0 Å². The standard InChI is InChI=1S/C13H17N3O5S/c1-9(17)22-8-4-6-14-12(19)15-7-3-5-10(11(18)21-2)16(15)13(14)20/h3,5,10H,4,6-8H2,1-2H3. The molecule has 1 aromatic rings. The molecule has 2 heterocycles. The summed E-state index contributed by atoms with van der Waals surface area (Å²) in [4.78, 5) is 47.3. The van der Waals surface area contributed by atoms with Gasteiger partial charge in [0.1, 0.15) is 0 Å². The molecule has 0 spiro atoms. The van der Waals surface area contributed by atoms with Gasteiger partial charge >= 0.3 is 17.3 Å². The molecule has 0 fully saturated rings. The average molecular weight is 327 g/mol. The van der Waals surface area contributed by atoms with Gasteiger partial charge in [-0.05, 0) is 6.42 Å². The van der Waals surface area contributed by atoms with Crippen LogP contribution in [-0.4, -0.2) is 37.9 Å². The molecular formula is C13H17N3O5S. The lowest BCUT2D eigenvalue weighted by atomic mass is 10.2. The molecule has 0 amide bonds. The number of carbonyl (C=O) groups excluding carboxylic acids is 2. The van der Waals surface area contributed by atoms with E-state index in [-0.39, 0.29) is 18.2 Å².